The van der Waals surface area contributed by atoms with Crippen molar-refractivity contribution in [1.82, 2.24) is 14.9 Å². The van der Waals surface area contributed by atoms with E-state index in [4.69, 9.17) is 11.6 Å². The van der Waals surface area contributed by atoms with E-state index in [2.05, 4.69) is 46.1 Å². The number of hydrogen-bond acceptors (Lipinski definition) is 4. The Morgan fingerprint density at radius 2 is 1.93 bits per heavy atom. The van der Waals surface area contributed by atoms with Gasteiger partial charge in [-0.25, -0.2) is 9.97 Å². The molecule has 2 saturated heterocycles. The lowest BCUT2D eigenvalue weighted by Crippen LogP contribution is -2.40. The fourth-order valence-corrected chi connectivity index (χ4v) is 4.78. The van der Waals surface area contributed by atoms with Gasteiger partial charge in [0.25, 0.3) is 5.91 Å². The smallest absolute Gasteiger partial charge is 0.274 e. The molecule has 28 heavy (non-hydrogen) atoms. The summed E-state index contributed by atoms with van der Waals surface area (Å²) in [5.41, 5.74) is 1.63. The molecule has 0 N–H and O–H groups in total. The Hall–Kier alpha value is -2.14. The number of carbonyl (C=O) groups excluding carboxylic acids is 1. The van der Waals surface area contributed by atoms with Crippen molar-refractivity contribution in [2.45, 2.75) is 51.0 Å². The Balaban J connectivity index is 1.61. The molecule has 1 amide bonds. The summed E-state index contributed by atoms with van der Waals surface area (Å²) in [5.74, 6) is 0.882. The molecular weight excluding hydrogens is 372 g/mol. The lowest BCUT2D eigenvalue weighted by molar-refractivity contribution is 0.0708. The van der Waals surface area contributed by atoms with Gasteiger partial charge >= 0.3 is 0 Å². The maximum Gasteiger partial charge on any atom is 0.274 e. The zero-order valence-corrected chi connectivity index (χ0v) is 17.1. The first-order valence-electron chi connectivity index (χ1n) is 10.3. The molecule has 148 valence electrons. The van der Waals surface area contributed by atoms with Crippen molar-refractivity contribution in [2.24, 2.45) is 0 Å². The van der Waals surface area contributed by atoms with Crippen LogP contribution < -0.4 is 4.90 Å². The highest BCUT2D eigenvalue weighted by Crippen LogP contribution is 2.35. The minimum atomic E-state index is -0.0651. The summed E-state index contributed by atoms with van der Waals surface area (Å²) in [7, 11) is 0. The van der Waals surface area contributed by atoms with Gasteiger partial charge in [-0.3, -0.25) is 4.79 Å². The summed E-state index contributed by atoms with van der Waals surface area (Å²) in [4.78, 5) is 26.5. The second kappa shape index (κ2) is 8.48. The molecule has 0 spiro atoms. The Morgan fingerprint density at radius 1 is 1.18 bits per heavy atom. The molecule has 2 aromatic rings. The molecule has 6 heteroatoms. The second-order valence-electron chi connectivity index (χ2n) is 7.69. The molecule has 0 aliphatic carbocycles. The Labute approximate surface area is 171 Å². The molecule has 4 rings (SSSR count). The normalized spacial score (nSPS) is 20.6. The third-order valence-corrected chi connectivity index (χ3v) is 6.29. The van der Waals surface area contributed by atoms with Crippen molar-refractivity contribution in [1.29, 1.82) is 0 Å². The summed E-state index contributed by atoms with van der Waals surface area (Å²) < 4.78 is 0. The Bertz CT molecular complexity index is 823. The molecule has 2 fully saturated rings. The first kappa shape index (κ1) is 19.2. The van der Waals surface area contributed by atoms with Crippen molar-refractivity contribution in [3.63, 3.8) is 0 Å². The van der Waals surface area contributed by atoms with Gasteiger partial charge in [0.2, 0.25) is 5.95 Å². The van der Waals surface area contributed by atoms with Crippen molar-refractivity contribution >= 4 is 23.5 Å². The highest BCUT2D eigenvalue weighted by atomic mass is 35.5. The SMILES string of the molecule is CC[C@H](c1ccccc1)[C@H]1CCCN1C(=O)c1nc(N2CCCC2)ncc1Cl. The van der Waals surface area contributed by atoms with Gasteiger partial charge in [-0.2, -0.15) is 0 Å². The molecule has 0 radical (unpaired) electrons. The zero-order chi connectivity index (χ0) is 19.5. The molecule has 0 saturated carbocycles. The van der Waals surface area contributed by atoms with Crippen LogP contribution in [0.5, 0.6) is 0 Å². The quantitative estimate of drug-likeness (QED) is 0.742. The van der Waals surface area contributed by atoms with Gasteiger partial charge in [0.15, 0.2) is 5.69 Å². The average Bonchev–Trinajstić information content (AvgIpc) is 3.42. The number of carbonyl (C=O) groups is 1. The van der Waals surface area contributed by atoms with Gasteiger partial charge in [0.05, 0.1) is 11.2 Å². The highest BCUT2D eigenvalue weighted by molar-refractivity contribution is 6.33. The van der Waals surface area contributed by atoms with Gasteiger partial charge in [-0.1, -0.05) is 48.9 Å². The number of halogens is 1. The van der Waals surface area contributed by atoms with Crippen LogP contribution >= 0.6 is 11.6 Å². The topological polar surface area (TPSA) is 49.3 Å². The third kappa shape index (κ3) is 3.72. The lowest BCUT2D eigenvalue weighted by Gasteiger charge is -2.31. The first-order chi connectivity index (χ1) is 13.7. The van der Waals surface area contributed by atoms with Crippen LogP contribution in [0.1, 0.15) is 61.0 Å². The van der Waals surface area contributed by atoms with E-state index < -0.39 is 0 Å². The van der Waals surface area contributed by atoms with E-state index in [0.717, 1.165) is 51.7 Å². The molecule has 5 nitrogen and oxygen atoms in total. The number of rotatable bonds is 5. The number of hydrogen-bond donors (Lipinski definition) is 0. The summed E-state index contributed by atoms with van der Waals surface area (Å²) in [6.07, 6.45) is 6.88. The van der Waals surface area contributed by atoms with E-state index in [0.29, 0.717) is 22.6 Å². The molecule has 0 unspecified atom stereocenters. The van der Waals surface area contributed by atoms with Gasteiger partial charge in [-0.05, 0) is 37.7 Å². The van der Waals surface area contributed by atoms with Crippen LogP contribution in [-0.4, -0.2) is 46.5 Å². The highest BCUT2D eigenvalue weighted by Gasteiger charge is 2.36. The Morgan fingerprint density at radius 3 is 2.64 bits per heavy atom. The molecule has 2 atom stereocenters. The maximum atomic E-state index is 13.4. The average molecular weight is 399 g/mol. The number of benzene rings is 1. The van der Waals surface area contributed by atoms with E-state index in [9.17, 15) is 4.79 Å². The molecule has 2 aliphatic rings. The van der Waals surface area contributed by atoms with E-state index in [1.165, 1.54) is 5.56 Å². The minimum Gasteiger partial charge on any atom is -0.341 e. The van der Waals surface area contributed by atoms with Crippen LogP contribution in [0.3, 0.4) is 0 Å². The Kier molecular flexibility index (Phi) is 5.81. The standard InChI is InChI=1S/C22H27ClN4O/c1-2-17(16-9-4-3-5-10-16)19-11-8-14-27(19)21(28)20-18(23)15-24-22(25-20)26-12-6-7-13-26/h3-5,9-10,15,17,19H,2,6-8,11-14H2,1H3/t17-,19-/m1/s1. The number of nitrogens with zero attached hydrogens (tertiary/aromatic N) is 4. The molecule has 1 aromatic carbocycles. The molecular formula is C22H27ClN4O. The number of anilines is 1. The van der Waals surface area contributed by atoms with Crippen LogP contribution in [0.15, 0.2) is 36.5 Å². The number of likely N-dealkylation sites (tertiary alicyclic amines) is 1. The van der Waals surface area contributed by atoms with E-state index in [-0.39, 0.29) is 11.9 Å². The van der Waals surface area contributed by atoms with Crippen LogP contribution in [-0.2, 0) is 0 Å². The van der Waals surface area contributed by atoms with Crippen molar-refractivity contribution in [3.05, 3.63) is 52.8 Å². The number of aromatic nitrogens is 2. The van der Waals surface area contributed by atoms with E-state index >= 15 is 0 Å². The van der Waals surface area contributed by atoms with Crippen molar-refractivity contribution in [3.8, 4) is 0 Å². The molecule has 3 heterocycles. The van der Waals surface area contributed by atoms with Gasteiger partial charge < -0.3 is 9.80 Å². The van der Waals surface area contributed by atoms with Crippen LogP contribution in [0.2, 0.25) is 5.02 Å². The lowest BCUT2D eigenvalue weighted by atomic mass is 9.87. The zero-order valence-electron chi connectivity index (χ0n) is 16.4. The van der Waals surface area contributed by atoms with Crippen LogP contribution in [0.25, 0.3) is 0 Å². The maximum absolute atomic E-state index is 13.4. The molecule has 1 aromatic heterocycles. The summed E-state index contributed by atoms with van der Waals surface area (Å²) in [6.45, 7) is 4.83. The number of amides is 1. The van der Waals surface area contributed by atoms with Crippen molar-refractivity contribution < 1.29 is 4.79 Å². The summed E-state index contributed by atoms with van der Waals surface area (Å²) in [5, 5.41) is 0.339. The molecule has 2 aliphatic heterocycles. The van der Waals surface area contributed by atoms with Gasteiger partial charge in [-0.15, -0.1) is 0 Å². The third-order valence-electron chi connectivity index (χ3n) is 6.01. The minimum absolute atomic E-state index is 0.0651. The predicted molar refractivity (Wildman–Crippen MR) is 112 cm³/mol. The van der Waals surface area contributed by atoms with Crippen LogP contribution in [0, 0.1) is 0 Å². The largest absolute Gasteiger partial charge is 0.341 e. The van der Waals surface area contributed by atoms with Crippen molar-refractivity contribution in [2.75, 3.05) is 24.5 Å². The second-order valence-corrected chi connectivity index (χ2v) is 8.10. The molecule has 0 bridgehead atoms. The summed E-state index contributed by atoms with van der Waals surface area (Å²) >= 11 is 6.36. The van der Waals surface area contributed by atoms with Gasteiger partial charge in [0.1, 0.15) is 0 Å². The van der Waals surface area contributed by atoms with E-state index in [1.54, 1.807) is 6.20 Å². The monoisotopic (exact) mass is 398 g/mol. The fraction of sp³-hybridized carbons (Fsp3) is 0.500. The van der Waals surface area contributed by atoms with Gasteiger partial charge in [0, 0.05) is 31.6 Å². The fourth-order valence-electron chi connectivity index (χ4n) is 4.61. The van der Waals surface area contributed by atoms with E-state index in [1.807, 2.05) is 11.0 Å². The summed E-state index contributed by atoms with van der Waals surface area (Å²) in [6, 6.07) is 10.7. The first-order valence-corrected chi connectivity index (χ1v) is 10.7. The predicted octanol–water partition coefficient (Wildman–Crippen LogP) is 4.53. The van der Waals surface area contributed by atoms with Crippen LogP contribution in [0.4, 0.5) is 5.95 Å².